The van der Waals surface area contributed by atoms with E-state index in [0.717, 1.165) is 12.1 Å². The molecule has 8 heteroatoms. The highest BCUT2D eigenvalue weighted by molar-refractivity contribution is 7.91. The lowest BCUT2D eigenvalue weighted by Gasteiger charge is -2.11. The number of hydrogen-bond donors (Lipinski definition) is 1. The van der Waals surface area contributed by atoms with Crippen molar-refractivity contribution in [2.75, 3.05) is 11.5 Å². The monoisotopic (exact) mass is 347 g/mol. The molecular formula is C15H16F3NO3S. The van der Waals surface area contributed by atoms with Gasteiger partial charge >= 0.3 is 6.18 Å². The lowest BCUT2D eigenvalue weighted by Crippen LogP contribution is -2.36. The Morgan fingerprint density at radius 1 is 1.26 bits per heavy atom. The summed E-state index contributed by atoms with van der Waals surface area (Å²) in [5.41, 5.74) is -0.220. The number of rotatable bonds is 3. The lowest BCUT2D eigenvalue weighted by molar-refractivity contribution is -0.137. The SMILES string of the molecule is O=C(N[C@@H]1CCS(=O)(=O)C1)[C@H]1C[C@@H]1c1cccc(C(F)(F)F)c1. The van der Waals surface area contributed by atoms with Gasteiger partial charge in [-0.3, -0.25) is 4.79 Å². The maximum Gasteiger partial charge on any atom is 0.416 e. The number of halogens is 3. The fourth-order valence-corrected chi connectivity index (χ4v) is 4.69. The molecule has 3 rings (SSSR count). The van der Waals surface area contributed by atoms with E-state index in [1.165, 1.54) is 6.07 Å². The zero-order chi connectivity index (χ0) is 16.8. The van der Waals surface area contributed by atoms with Crippen molar-refractivity contribution >= 4 is 15.7 Å². The van der Waals surface area contributed by atoms with E-state index in [-0.39, 0.29) is 35.3 Å². The van der Waals surface area contributed by atoms with Crippen molar-refractivity contribution in [1.82, 2.24) is 5.32 Å². The Kier molecular flexibility index (Phi) is 3.90. The Hall–Kier alpha value is -1.57. The van der Waals surface area contributed by atoms with Crippen LogP contribution >= 0.6 is 0 Å². The van der Waals surface area contributed by atoms with Gasteiger partial charge in [0.15, 0.2) is 9.84 Å². The third-order valence-electron chi connectivity index (χ3n) is 4.35. The van der Waals surface area contributed by atoms with Gasteiger partial charge in [0.2, 0.25) is 5.91 Å². The Labute approximate surface area is 132 Å². The van der Waals surface area contributed by atoms with Gasteiger partial charge in [0.25, 0.3) is 0 Å². The molecule has 0 aromatic heterocycles. The van der Waals surface area contributed by atoms with Crippen molar-refractivity contribution in [3.05, 3.63) is 35.4 Å². The van der Waals surface area contributed by atoms with E-state index in [4.69, 9.17) is 0 Å². The molecule has 1 aromatic carbocycles. The summed E-state index contributed by atoms with van der Waals surface area (Å²) >= 11 is 0. The standard InChI is InChI=1S/C15H16F3NO3S/c16-15(17,18)10-3-1-2-9(6-10)12-7-13(12)14(20)19-11-4-5-23(21,22)8-11/h1-3,6,11-13H,4-5,7-8H2,(H,19,20)/t11-,12-,13+/m1/s1. The highest BCUT2D eigenvalue weighted by Crippen LogP contribution is 2.48. The number of amides is 1. The summed E-state index contributed by atoms with van der Waals surface area (Å²) in [5.74, 6) is -0.856. The average Bonchev–Trinajstić information content (AvgIpc) is 3.18. The van der Waals surface area contributed by atoms with E-state index < -0.39 is 21.6 Å². The van der Waals surface area contributed by atoms with Crippen LogP contribution in [0.25, 0.3) is 0 Å². The van der Waals surface area contributed by atoms with Crippen LogP contribution in [0.3, 0.4) is 0 Å². The zero-order valence-electron chi connectivity index (χ0n) is 12.1. The average molecular weight is 347 g/mol. The van der Waals surface area contributed by atoms with E-state index in [0.29, 0.717) is 18.4 Å². The molecule has 126 valence electrons. The normalized spacial score (nSPS) is 29.3. The largest absolute Gasteiger partial charge is 0.416 e. The lowest BCUT2D eigenvalue weighted by atomic mass is 10.1. The van der Waals surface area contributed by atoms with Gasteiger partial charge in [0.05, 0.1) is 17.1 Å². The van der Waals surface area contributed by atoms with Crippen molar-refractivity contribution < 1.29 is 26.4 Å². The van der Waals surface area contributed by atoms with E-state index in [1.807, 2.05) is 0 Å². The molecule has 0 unspecified atom stereocenters. The summed E-state index contributed by atoms with van der Waals surface area (Å²) < 4.78 is 60.9. The summed E-state index contributed by atoms with van der Waals surface area (Å²) in [5, 5.41) is 2.70. The first-order chi connectivity index (χ1) is 10.7. The molecule has 2 aliphatic rings. The molecule has 1 saturated carbocycles. The van der Waals surface area contributed by atoms with Gasteiger partial charge in [-0.25, -0.2) is 8.42 Å². The van der Waals surface area contributed by atoms with E-state index in [2.05, 4.69) is 5.32 Å². The molecule has 23 heavy (non-hydrogen) atoms. The second-order valence-corrected chi connectivity index (χ2v) is 8.41. The van der Waals surface area contributed by atoms with Crippen molar-refractivity contribution in [3.8, 4) is 0 Å². The van der Waals surface area contributed by atoms with Crippen molar-refractivity contribution in [2.24, 2.45) is 5.92 Å². The van der Waals surface area contributed by atoms with Gasteiger partial charge < -0.3 is 5.32 Å². The molecule has 0 radical (unpaired) electrons. The van der Waals surface area contributed by atoms with Gasteiger partial charge in [-0.05, 0) is 30.4 Å². The van der Waals surface area contributed by atoms with E-state index in [9.17, 15) is 26.4 Å². The summed E-state index contributed by atoms with van der Waals surface area (Å²) in [6.45, 7) is 0. The van der Waals surface area contributed by atoms with Crippen LogP contribution in [0.1, 0.15) is 29.9 Å². The smallest absolute Gasteiger partial charge is 0.352 e. The van der Waals surface area contributed by atoms with Crippen LogP contribution in [0.15, 0.2) is 24.3 Å². The van der Waals surface area contributed by atoms with Gasteiger partial charge in [-0.15, -0.1) is 0 Å². The Bertz CT molecular complexity index is 730. The number of benzene rings is 1. The summed E-state index contributed by atoms with van der Waals surface area (Å²) in [4.78, 5) is 12.1. The predicted octanol–water partition coefficient (Wildman–Crippen LogP) is 2.11. The first-order valence-corrected chi connectivity index (χ1v) is 9.16. The molecule has 4 nitrogen and oxygen atoms in total. The van der Waals surface area contributed by atoms with E-state index >= 15 is 0 Å². The summed E-state index contributed by atoms with van der Waals surface area (Å²) in [7, 11) is -3.07. The summed E-state index contributed by atoms with van der Waals surface area (Å²) in [6, 6.07) is 4.64. The summed E-state index contributed by atoms with van der Waals surface area (Å²) in [6.07, 6.45) is -3.51. The Balaban J connectivity index is 1.62. The molecule has 1 amide bonds. The number of carbonyl (C=O) groups excluding carboxylic acids is 1. The molecular weight excluding hydrogens is 331 g/mol. The number of sulfone groups is 1. The van der Waals surface area contributed by atoms with Gasteiger partial charge in [-0.1, -0.05) is 18.2 Å². The van der Waals surface area contributed by atoms with Crippen molar-refractivity contribution in [2.45, 2.75) is 31.0 Å². The van der Waals surface area contributed by atoms with Crippen LogP contribution in [-0.4, -0.2) is 31.9 Å². The number of hydrogen-bond acceptors (Lipinski definition) is 3. The van der Waals surface area contributed by atoms with Crippen molar-refractivity contribution in [1.29, 1.82) is 0 Å². The molecule has 1 aromatic rings. The van der Waals surface area contributed by atoms with Crippen LogP contribution in [0.2, 0.25) is 0 Å². The zero-order valence-corrected chi connectivity index (χ0v) is 13.0. The first-order valence-electron chi connectivity index (χ1n) is 7.34. The highest BCUT2D eigenvalue weighted by Gasteiger charge is 2.45. The minimum absolute atomic E-state index is 0.0559. The molecule has 1 aliphatic carbocycles. The van der Waals surface area contributed by atoms with E-state index in [1.54, 1.807) is 6.07 Å². The quantitative estimate of drug-likeness (QED) is 0.911. The third kappa shape index (κ3) is 3.68. The van der Waals surface area contributed by atoms with Gasteiger partial charge in [0, 0.05) is 12.0 Å². The fourth-order valence-electron chi connectivity index (χ4n) is 3.02. The molecule has 0 bridgehead atoms. The number of carbonyl (C=O) groups is 1. The van der Waals surface area contributed by atoms with Crippen LogP contribution in [-0.2, 0) is 20.8 Å². The molecule has 1 saturated heterocycles. The predicted molar refractivity (Wildman–Crippen MR) is 77.5 cm³/mol. The minimum atomic E-state index is -4.40. The molecule has 1 heterocycles. The van der Waals surface area contributed by atoms with Crippen LogP contribution in [0.5, 0.6) is 0 Å². The Morgan fingerprint density at radius 3 is 2.61 bits per heavy atom. The fraction of sp³-hybridized carbons (Fsp3) is 0.533. The van der Waals surface area contributed by atoms with Gasteiger partial charge in [-0.2, -0.15) is 13.2 Å². The second kappa shape index (κ2) is 5.51. The highest BCUT2D eigenvalue weighted by atomic mass is 32.2. The third-order valence-corrected chi connectivity index (χ3v) is 6.12. The second-order valence-electron chi connectivity index (χ2n) is 6.18. The maximum absolute atomic E-state index is 12.7. The molecule has 1 aliphatic heterocycles. The van der Waals surface area contributed by atoms with Gasteiger partial charge in [0.1, 0.15) is 0 Å². The number of nitrogens with one attached hydrogen (secondary N) is 1. The number of alkyl halides is 3. The minimum Gasteiger partial charge on any atom is -0.352 e. The Morgan fingerprint density at radius 2 is 2.00 bits per heavy atom. The molecule has 1 N–H and O–H groups in total. The van der Waals surface area contributed by atoms with Crippen LogP contribution in [0.4, 0.5) is 13.2 Å². The molecule has 2 fully saturated rings. The molecule has 0 spiro atoms. The topological polar surface area (TPSA) is 63.2 Å². The van der Waals surface area contributed by atoms with Crippen LogP contribution in [0, 0.1) is 5.92 Å². The molecule has 3 atom stereocenters. The van der Waals surface area contributed by atoms with Crippen molar-refractivity contribution in [3.63, 3.8) is 0 Å². The maximum atomic E-state index is 12.7. The first kappa shape index (κ1) is 16.3. The van der Waals surface area contributed by atoms with Crippen LogP contribution < -0.4 is 5.32 Å².